The van der Waals surface area contributed by atoms with Crippen LogP contribution in [0.25, 0.3) is 0 Å². The van der Waals surface area contributed by atoms with Crippen LogP contribution in [-0.2, 0) is 4.74 Å². The van der Waals surface area contributed by atoms with E-state index in [1.165, 1.54) is 0 Å². The molecule has 5 N–H and O–H groups in total. The summed E-state index contributed by atoms with van der Waals surface area (Å²) in [5, 5.41) is 12.8. The van der Waals surface area contributed by atoms with Gasteiger partial charge in [-0.3, -0.25) is 4.79 Å². The van der Waals surface area contributed by atoms with E-state index in [2.05, 4.69) is 5.32 Å². The molecule has 0 aliphatic rings. The van der Waals surface area contributed by atoms with Crippen molar-refractivity contribution < 1.29 is 9.53 Å². The molecule has 0 saturated carbocycles. The second-order valence-electron chi connectivity index (χ2n) is 4.58. The molecular formula is C13H20N4O2S. The van der Waals surface area contributed by atoms with Crippen LogP contribution in [0.5, 0.6) is 0 Å². The first-order valence-electron chi connectivity index (χ1n) is 6.45. The standard InChI is InChI=1S/C13H20N4O2S/c1-8(2)19-6-4-3-5-17-13-9(7-14)10(15)11(20-13)12(16)18/h8,17H,3-6,15H2,1-2H3,(H2,16,18). The summed E-state index contributed by atoms with van der Waals surface area (Å²) in [6.45, 7) is 5.40. The van der Waals surface area contributed by atoms with Crippen molar-refractivity contribution in [3.63, 3.8) is 0 Å². The van der Waals surface area contributed by atoms with Crippen LogP contribution >= 0.6 is 11.3 Å². The Bertz CT molecular complexity index is 505. The minimum atomic E-state index is -0.609. The molecular weight excluding hydrogens is 276 g/mol. The zero-order valence-corrected chi connectivity index (χ0v) is 12.5. The van der Waals surface area contributed by atoms with Crippen LogP contribution < -0.4 is 16.8 Å². The number of thiophene rings is 1. The van der Waals surface area contributed by atoms with E-state index in [1.54, 1.807) is 0 Å². The van der Waals surface area contributed by atoms with Crippen molar-refractivity contribution in [2.45, 2.75) is 32.8 Å². The summed E-state index contributed by atoms with van der Waals surface area (Å²) in [4.78, 5) is 11.4. The zero-order valence-electron chi connectivity index (χ0n) is 11.7. The lowest BCUT2D eigenvalue weighted by Gasteiger charge is -2.07. The molecule has 110 valence electrons. The van der Waals surface area contributed by atoms with Crippen molar-refractivity contribution in [1.82, 2.24) is 0 Å². The van der Waals surface area contributed by atoms with E-state index in [9.17, 15) is 4.79 Å². The summed E-state index contributed by atoms with van der Waals surface area (Å²) in [6, 6.07) is 2.00. The van der Waals surface area contributed by atoms with Gasteiger partial charge in [-0.2, -0.15) is 5.26 Å². The fourth-order valence-corrected chi connectivity index (χ4v) is 2.56. The summed E-state index contributed by atoms with van der Waals surface area (Å²) >= 11 is 1.12. The number of nitriles is 1. The SMILES string of the molecule is CC(C)OCCCCNc1sc(C(N)=O)c(N)c1C#N. The molecule has 0 fully saturated rings. The molecule has 0 aromatic carbocycles. The van der Waals surface area contributed by atoms with Gasteiger partial charge in [0.2, 0.25) is 0 Å². The summed E-state index contributed by atoms with van der Waals surface area (Å²) in [5.74, 6) is -0.609. The number of nitrogens with zero attached hydrogens (tertiary/aromatic N) is 1. The van der Waals surface area contributed by atoms with E-state index in [0.717, 1.165) is 24.2 Å². The van der Waals surface area contributed by atoms with Crippen LogP contribution in [-0.4, -0.2) is 25.2 Å². The number of anilines is 2. The number of carbonyl (C=O) groups excluding carboxylic acids is 1. The maximum Gasteiger partial charge on any atom is 0.261 e. The number of unbranched alkanes of at least 4 members (excludes halogenated alkanes) is 1. The number of nitrogen functional groups attached to an aromatic ring is 1. The van der Waals surface area contributed by atoms with Crippen LogP contribution in [0.2, 0.25) is 0 Å². The van der Waals surface area contributed by atoms with E-state index in [1.807, 2.05) is 19.9 Å². The number of hydrogen-bond acceptors (Lipinski definition) is 6. The van der Waals surface area contributed by atoms with Gasteiger partial charge in [0.05, 0.1) is 11.8 Å². The van der Waals surface area contributed by atoms with Gasteiger partial charge in [0.15, 0.2) is 0 Å². The maximum atomic E-state index is 11.2. The largest absolute Gasteiger partial charge is 0.396 e. The number of primary amides is 1. The van der Waals surface area contributed by atoms with Gasteiger partial charge >= 0.3 is 0 Å². The lowest BCUT2D eigenvalue weighted by Crippen LogP contribution is -2.10. The minimum Gasteiger partial charge on any atom is -0.396 e. The van der Waals surface area contributed by atoms with Crippen LogP contribution in [0.3, 0.4) is 0 Å². The van der Waals surface area contributed by atoms with Crippen molar-refractivity contribution in [3.8, 4) is 6.07 Å². The first-order valence-corrected chi connectivity index (χ1v) is 7.26. The van der Waals surface area contributed by atoms with Crippen molar-refractivity contribution in [2.75, 3.05) is 24.2 Å². The van der Waals surface area contributed by atoms with E-state index in [4.69, 9.17) is 21.5 Å². The number of carbonyl (C=O) groups is 1. The van der Waals surface area contributed by atoms with Gasteiger partial charge in [-0.25, -0.2) is 0 Å². The topological polar surface area (TPSA) is 114 Å². The summed E-state index contributed by atoms with van der Waals surface area (Å²) in [7, 11) is 0. The number of hydrogen-bond donors (Lipinski definition) is 3. The molecule has 1 aromatic rings. The first kappa shape index (κ1) is 16.3. The fourth-order valence-electron chi connectivity index (χ4n) is 1.61. The van der Waals surface area contributed by atoms with Crippen molar-refractivity contribution in [3.05, 3.63) is 10.4 Å². The Labute approximate surface area is 122 Å². The van der Waals surface area contributed by atoms with Gasteiger partial charge < -0.3 is 21.5 Å². The smallest absolute Gasteiger partial charge is 0.261 e. The zero-order chi connectivity index (χ0) is 15.1. The summed E-state index contributed by atoms with van der Waals surface area (Å²) in [6.07, 6.45) is 2.07. The molecule has 1 amide bonds. The first-order chi connectivity index (χ1) is 9.47. The van der Waals surface area contributed by atoms with Crippen molar-refractivity contribution in [2.24, 2.45) is 5.73 Å². The molecule has 0 aliphatic heterocycles. The molecule has 0 saturated heterocycles. The molecule has 0 spiro atoms. The van der Waals surface area contributed by atoms with E-state index in [-0.39, 0.29) is 16.7 Å². The summed E-state index contributed by atoms with van der Waals surface area (Å²) in [5.41, 5.74) is 11.4. The van der Waals surface area contributed by atoms with Gasteiger partial charge in [0, 0.05) is 13.2 Å². The van der Waals surface area contributed by atoms with E-state index >= 15 is 0 Å². The number of nitrogens with one attached hydrogen (secondary N) is 1. The molecule has 0 radical (unpaired) electrons. The van der Waals surface area contributed by atoms with E-state index in [0.29, 0.717) is 23.7 Å². The average Bonchev–Trinajstić information content (AvgIpc) is 2.69. The molecule has 1 rings (SSSR count). The highest BCUT2D eigenvalue weighted by molar-refractivity contribution is 7.18. The van der Waals surface area contributed by atoms with Crippen molar-refractivity contribution >= 4 is 27.9 Å². The number of amides is 1. The lowest BCUT2D eigenvalue weighted by atomic mass is 10.2. The maximum absolute atomic E-state index is 11.2. The predicted molar refractivity (Wildman–Crippen MR) is 80.8 cm³/mol. The van der Waals surface area contributed by atoms with E-state index < -0.39 is 5.91 Å². The summed E-state index contributed by atoms with van der Waals surface area (Å²) < 4.78 is 5.43. The highest BCUT2D eigenvalue weighted by Gasteiger charge is 2.18. The third-order valence-corrected chi connectivity index (χ3v) is 3.77. The molecule has 20 heavy (non-hydrogen) atoms. The molecule has 7 heteroatoms. The van der Waals surface area contributed by atoms with Crippen LogP contribution in [0.1, 0.15) is 41.9 Å². The third kappa shape index (κ3) is 4.40. The van der Waals surface area contributed by atoms with Crippen molar-refractivity contribution in [1.29, 1.82) is 5.26 Å². The average molecular weight is 296 g/mol. The minimum absolute atomic E-state index is 0.163. The second-order valence-corrected chi connectivity index (χ2v) is 5.60. The molecule has 0 unspecified atom stereocenters. The molecule has 1 aromatic heterocycles. The highest BCUT2D eigenvalue weighted by atomic mass is 32.1. The van der Waals surface area contributed by atoms with Crippen LogP contribution in [0, 0.1) is 11.3 Å². The monoisotopic (exact) mass is 296 g/mol. The van der Waals surface area contributed by atoms with Crippen LogP contribution in [0.15, 0.2) is 0 Å². The normalized spacial score (nSPS) is 10.5. The van der Waals surface area contributed by atoms with Crippen LogP contribution in [0.4, 0.5) is 10.7 Å². The molecule has 6 nitrogen and oxygen atoms in total. The Balaban J connectivity index is 2.50. The Morgan fingerprint density at radius 3 is 2.75 bits per heavy atom. The highest BCUT2D eigenvalue weighted by Crippen LogP contribution is 2.34. The number of nitrogens with two attached hydrogens (primary N) is 2. The lowest BCUT2D eigenvalue weighted by molar-refractivity contribution is 0.0765. The van der Waals surface area contributed by atoms with Gasteiger partial charge in [-0.15, -0.1) is 11.3 Å². The third-order valence-electron chi connectivity index (χ3n) is 2.59. The van der Waals surface area contributed by atoms with Gasteiger partial charge in [-0.1, -0.05) is 0 Å². The molecule has 0 aliphatic carbocycles. The second kappa shape index (κ2) is 7.72. The molecule has 1 heterocycles. The Morgan fingerprint density at radius 1 is 1.50 bits per heavy atom. The van der Waals surface area contributed by atoms with Gasteiger partial charge in [-0.05, 0) is 26.7 Å². The Hall–Kier alpha value is -1.78. The number of rotatable bonds is 8. The quantitative estimate of drug-likeness (QED) is 0.634. The Kier molecular flexibility index (Phi) is 6.28. The molecule has 0 bridgehead atoms. The fraction of sp³-hybridized carbons (Fsp3) is 0.538. The van der Waals surface area contributed by atoms with Gasteiger partial charge in [0.25, 0.3) is 5.91 Å². The number of ether oxygens (including phenoxy) is 1. The molecule has 0 atom stereocenters. The Morgan fingerprint density at radius 2 is 2.20 bits per heavy atom. The van der Waals surface area contributed by atoms with Gasteiger partial charge in [0.1, 0.15) is 21.5 Å². The predicted octanol–water partition coefficient (Wildman–Crippen LogP) is 1.92.